The molecule has 0 saturated carbocycles. The van der Waals surface area contributed by atoms with E-state index < -0.39 is 18.0 Å². The van der Waals surface area contributed by atoms with Gasteiger partial charge in [-0.25, -0.2) is 18.3 Å². The predicted molar refractivity (Wildman–Crippen MR) is 101 cm³/mol. The molecule has 11 heteroatoms. The Morgan fingerprint density at radius 1 is 1.31 bits per heavy atom. The van der Waals surface area contributed by atoms with Gasteiger partial charge in [0.15, 0.2) is 5.69 Å². The van der Waals surface area contributed by atoms with Crippen molar-refractivity contribution in [3.63, 3.8) is 0 Å². The van der Waals surface area contributed by atoms with Crippen molar-refractivity contribution in [1.29, 1.82) is 0 Å². The summed E-state index contributed by atoms with van der Waals surface area (Å²) in [7, 11) is 1.52. The highest BCUT2D eigenvalue weighted by molar-refractivity contribution is 6.04. The number of hydrogen-bond donors (Lipinski definition) is 2. The fraction of sp³-hybridized carbons (Fsp3) is 0.444. The SMILES string of the molecule is Cn1cc(NC(=O)c2ccc3cnc(N4CC5CNCC4C5)nn23)c(C(F)F)n1. The van der Waals surface area contributed by atoms with Crippen LogP contribution >= 0.6 is 0 Å². The van der Waals surface area contributed by atoms with E-state index in [-0.39, 0.29) is 11.4 Å². The Balaban J connectivity index is 1.45. The van der Waals surface area contributed by atoms with Crippen LogP contribution in [0.15, 0.2) is 24.5 Å². The number of aromatic nitrogens is 5. The summed E-state index contributed by atoms with van der Waals surface area (Å²) >= 11 is 0. The van der Waals surface area contributed by atoms with Gasteiger partial charge >= 0.3 is 0 Å². The number of carbonyl (C=O) groups excluding carboxylic acids is 1. The molecule has 0 spiro atoms. The molecule has 2 bridgehead atoms. The van der Waals surface area contributed by atoms with Crippen LogP contribution in [0.5, 0.6) is 0 Å². The van der Waals surface area contributed by atoms with Crippen molar-refractivity contribution in [1.82, 2.24) is 29.7 Å². The molecule has 2 fully saturated rings. The van der Waals surface area contributed by atoms with Crippen molar-refractivity contribution in [3.05, 3.63) is 35.9 Å². The Labute approximate surface area is 164 Å². The van der Waals surface area contributed by atoms with Gasteiger partial charge in [0.25, 0.3) is 12.3 Å². The first kappa shape index (κ1) is 18.0. The number of fused-ring (bicyclic) bond motifs is 3. The van der Waals surface area contributed by atoms with Crippen molar-refractivity contribution in [2.75, 3.05) is 29.9 Å². The zero-order chi connectivity index (χ0) is 20.1. The molecule has 152 valence electrons. The van der Waals surface area contributed by atoms with Gasteiger partial charge in [0, 0.05) is 32.4 Å². The zero-order valence-electron chi connectivity index (χ0n) is 15.7. The van der Waals surface area contributed by atoms with E-state index in [2.05, 4.69) is 30.7 Å². The fourth-order valence-electron chi connectivity index (χ4n) is 4.20. The molecule has 2 N–H and O–H groups in total. The number of piperidine rings is 1. The smallest absolute Gasteiger partial charge is 0.284 e. The summed E-state index contributed by atoms with van der Waals surface area (Å²) in [6.45, 7) is 2.75. The number of amides is 1. The predicted octanol–water partition coefficient (Wildman–Crippen LogP) is 1.45. The Bertz CT molecular complexity index is 1080. The van der Waals surface area contributed by atoms with Crippen LogP contribution in [0.4, 0.5) is 20.4 Å². The molecule has 5 rings (SSSR count). The largest absolute Gasteiger partial charge is 0.335 e. The van der Waals surface area contributed by atoms with Gasteiger partial charge < -0.3 is 15.5 Å². The summed E-state index contributed by atoms with van der Waals surface area (Å²) in [5, 5.41) is 14.2. The van der Waals surface area contributed by atoms with Crippen LogP contribution in [0.2, 0.25) is 0 Å². The molecule has 29 heavy (non-hydrogen) atoms. The molecule has 9 nitrogen and oxygen atoms in total. The van der Waals surface area contributed by atoms with Crippen molar-refractivity contribution in [2.45, 2.75) is 18.9 Å². The minimum absolute atomic E-state index is 0.0175. The van der Waals surface area contributed by atoms with E-state index in [0.717, 1.165) is 26.1 Å². The molecule has 2 unspecified atom stereocenters. The zero-order valence-corrected chi connectivity index (χ0v) is 15.7. The topological polar surface area (TPSA) is 92.4 Å². The maximum Gasteiger partial charge on any atom is 0.284 e. The maximum atomic E-state index is 13.2. The lowest BCUT2D eigenvalue weighted by molar-refractivity contribution is 0.101. The standard InChI is InChI=1S/C18H20F2N8O/c1-26-9-13(15(24-26)16(19)20)23-17(29)14-3-2-11-7-22-18(25-28(11)14)27-8-10-4-12(27)6-21-5-10/h2-3,7,9-10,12,16,21H,4-6,8H2,1H3,(H,23,29). The van der Waals surface area contributed by atoms with Gasteiger partial charge in [-0.2, -0.15) is 5.10 Å². The van der Waals surface area contributed by atoms with Gasteiger partial charge in [-0.15, -0.1) is 5.10 Å². The number of alkyl halides is 2. The Morgan fingerprint density at radius 2 is 2.17 bits per heavy atom. The molecule has 1 amide bonds. The van der Waals surface area contributed by atoms with E-state index in [4.69, 9.17) is 0 Å². The molecule has 3 aromatic rings. The van der Waals surface area contributed by atoms with Crippen molar-refractivity contribution >= 4 is 23.1 Å². The number of aryl methyl sites for hydroxylation is 1. The number of anilines is 2. The number of rotatable bonds is 4. The second kappa shape index (κ2) is 6.76. The van der Waals surface area contributed by atoms with Gasteiger partial charge in [-0.1, -0.05) is 0 Å². The first-order chi connectivity index (χ1) is 14.0. The van der Waals surface area contributed by atoms with Gasteiger partial charge in [-0.3, -0.25) is 9.48 Å². The number of nitrogens with one attached hydrogen (secondary N) is 2. The third-order valence-electron chi connectivity index (χ3n) is 5.50. The Morgan fingerprint density at radius 3 is 2.97 bits per heavy atom. The van der Waals surface area contributed by atoms with Crippen LogP contribution in [0.3, 0.4) is 0 Å². The first-order valence-electron chi connectivity index (χ1n) is 9.45. The van der Waals surface area contributed by atoms with Gasteiger partial charge in [0.2, 0.25) is 5.95 Å². The summed E-state index contributed by atoms with van der Waals surface area (Å²) in [4.78, 5) is 19.4. The summed E-state index contributed by atoms with van der Waals surface area (Å²) in [6.07, 6.45) is 1.34. The second-order valence-corrected chi connectivity index (χ2v) is 7.54. The molecule has 0 radical (unpaired) electrons. The lowest BCUT2D eigenvalue weighted by Gasteiger charge is -2.24. The van der Waals surface area contributed by atoms with E-state index in [1.54, 1.807) is 18.3 Å². The van der Waals surface area contributed by atoms with Crippen molar-refractivity contribution in [3.8, 4) is 0 Å². The highest BCUT2D eigenvalue weighted by atomic mass is 19.3. The van der Waals surface area contributed by atoms with Gasteiger partial charge in [0.1, 0.15) is 5.69 Å². The quantitative estimate of drug-likeness (QED) is 0.686. The van der Waals surface area contributed by atoms with Crippen molar-refractivity contribution in [2.24, 2.45) is 13.0 Å². The van der Waals surface area contributed by atoms with Crippen LogP contribution in [0, 0.1) is 5.92 Å². The summed E-state index contributed by atoms with van der Waals surface area (Å²) in [6, 6.07) is 3.66. The molecule has 0 aliphatic carbocycles. The van der Waals surface area contributed by atoms with Crippen molar-refractivity contribution < 1.29 is 13.6 Å². The normalized spacial score (nSPS) is 21.3. The number of halogens is 2. The van der Waals surface area contributed by atoms with Crippen LogP contribution in [-0.2, 0) is 7.05 Å². The van der Waals surface area contributed by atoms with Gasteiger partial charge in [-0.05, 0) is 31.0 Å². The third-order valence-corrected chi connectivity index (χ3v) is 5.50. The highest BCUT2D eigenvalue weighted by Crippen LogP contribution is 2.29. The number of nitrogens with zero attached hydrogens (tertiary/aromatic N) is 6. The van der Waals surface area contributed by atoms with Crippen LogP contribution in [-0.4, -0.2) is 56.0 Å². The average Bonchev–Trinajstić information content (AvgIpc) is 3.36. The van der Waals surface area contributed by atoms with E-state index >= 15 is 0 Å². The van der Waals surface area contributed by atoms with Crippen LogP contribution in [0.25, 0.3) is 5.52 Å². The van der Waals surface area contributed by atoms with Crippen LogP contribution in [0.1, 0.15) is 29.0 Å². The number of carbonyl (C=O) groups is 1. The van der Waals surface area contributed by atoms with E-state index in [1.807, 2.05) is 0 Å². The summed E-state index contributed by atoms with van der Waals surface area (Å²) in [5.74, 6) is 0.596. The molecule has 2 aliphatic heterocycles. The fourth-order valence-corrected chi connectivity index (χ4v) is 4.20. The molecule has 0 aromatic carbocycles. The maximum absolute atomic E-state index is 13.2. The van der Waals surface area contributed by atoms with Crippen LogP contribution < -0.4 is 15.5 Å². The second-order valence-electron chi connectivity index (χ2n) is 7.54. The molecule has 2 aliphatic rings. The minimum atomic E-state index is -2.78. The lowest BCUT2D eigenvalue weighted by Crippen LogP contribution is -2.39. The van der Waals surface area contributed by atoms with E-state index in [1.165, 1.54) is 22.4 Å². The minimum Gasteiger partial charge on any atom is -0.335 e. The lowest BCUT2D eigenvalue weighted by atomic mass is 10.0. The molecular formula is C18H20F2N8O. The van der Waals surface area contributed by atoms with Gasteiger partial charge in [0.05, 0.1) is 17.4 Å². The monoisotopic (exact) mass is 402 g/mol. The Hall–Kier alpha value is -3.08. The molecular weight excluding hydrogens is 382 g/mol. The highest BCUT2D eigenvalue weighted by Gasteiger charge is 2.36. The molecule has 2 saturated heterocycles. The number of hydrogen-bond acceptors (Lipinski definition) is 6. The first-order valence-corrected chi connectivity index (χ1v) is 9.45. The average molecular weight is 402 g/mol. The Kier molecular flexibility index (Phi) is 4.19. The molecule has 3 aromatic heterocycles. The molecule has 5 heterocycles. The molecule has 2 atom stereocenters. The van der Waals surface area contributed by atoms with E-state index in [0.29, 0.717) is 23.4 Å². The summed E-state index contributed by atoms with van der Waals surface area (Å²) < 4.78 is 29.1. The third kappa shape index (κ3) is 3.11. The summed E-state index contributed by atoms with van der Waals surface area (Å²) in [5.41, 5.74) is 0.414. The van der Waals surface area contributed by atoms with E-state index in [9.17, 15) is 13.6 Å².